The highest BCUT2D eigenvalue weighted by Gasteiger charge is 2.24. The third-order valence-electron chi connectivity index (χ3n) is 1.88. The van der Waals surface area contributed by atoms with E-state index in [9.17, 15) is 9.59 Å². The molecule has 18 heavy (non-hydrogen) atoms. The molecule has 0 radical (unpaired) electrons. The first-order valence-electron chi connectivity index (χ1n) is 5.21. The zero-order chi connectivity index (χ0) is 13.5. The molecule has 0 bridgehead atoms. The summed E-state index contributed by atoms with van der Waals surface area (Å²) < 4.78 is 14.1. The van der Waals surface area contributed by atoms with E-state index >= 15 is 0 Å². The molecule has 6 heteroatoms. The molecule has 1 aromatic rings. The highest BCUT2D eigenvalue weighted by atomic mass is 16.6. The van der Waals surface area contributed by atoms with Gasteiger partial charge in [0.15, 0.2) is 0 Å². The molecule has 1 fully saturated rings. The second kappa shape index (κ2) is 6.61. The molecule has 98 valence electrons. The van der Waals surface area contributed by atoms with E-state index in [1.165, 1.54) is 18.4 Å². The van der Waals surface area contributed by atoms with Crippen LogP contribution in [0.1, 0.15) is 17.5 Å². The number of carbonyl (C=O) groups excluding carboxylic acids is 1. The molecular formula is C12H14O6. The molecule has 1 aliphatic rings. The normalized spacial score (nSPS) is 16.2. The topological polar surface area (TPSA) is 89.3 Å². The zero-order valence-corrected chi connectivity index (χ0v) is 9.92. The van der Waals surface area contributed by atoms with Gasteiger partial charge in [0, 0.05) is 5.57 Å². The predicted molar refractivity (Wildman–Crippen MR) is 61.2 cm³/mol. The Morgan fingerprint density at radius 1 is 1.61 bits per heavy atom. The second-order valence-corrected chi connectivity index (χ2v) is 3.62. The Bertz CT molecular complexity index is 416. The van der Waals surface area contributed by atoms with E-state index in [0.29, 0.717) is 18.8 Å². The van der Waals surface area contributed by atoms with Gasteiger partial charge in [0.1, 0.15) is 12.7 Å². The van der Waals surface area contributed by atoms with Crippen LogP contribution >= 0.6 is 0 Å². The highest BCUT2D eigenvalue weighted by Crippen LogP contribution is 2.09. The monoisotopic (exact) mass is 254 g/mol. The summed E-state index contributed by atoms with van der Waals surface area (Å²) in [6, 6.07) is 2.92. The third kappa shape index (κ3) is 5.31. The second-order valence-electron chi connectivity index (χ2n) is 3.62. The number of carboxylic acid groups (broad SMARTS) is 1. The SMILES string of the molecule is C=C(C)C(=O)OCC1CO1.O=C(O)c1ccco1. The van der Waals surface area contributed by atoms with Crippen molar-refractivity contribution >= 4 is 11.9 Å². The van der Waals surface area contributed by atoms with E-state index in [-0.39, 0.29) is 17.8 Å². The summed E-state index contributed by atoms with van der Waals surface area (Å²) in [5.74, 6) is -1.39. The van der Waals surface area contributed by atoms with E-state index in [1.54, 1.807) is 6.92 Å². The summed E-state index contributed by atoms with van der Waals surface area (Å²) in [7, 11) is 0. The van der Waals surface area contributed by atoms with Crippen LogP contribution in [-0.4, -0.2) is 36.4 Å². The van der Waals surface area contributed by atoms with Crippen LogP contribution in [0.3, 0.4) is 0 Å². The van der Waals surface area contributed by atoms with Gasteiger partial charge in [-0.2, -0.15) is 0 Å². The van der Waals surface area contributed by atoms with Gasteiger partial charge in [-0.15, -0.1) is 0 Å². The number of aromatic carboxylic acids is 1. The van der Waals surface area contributed by atoms with Crippen molar-refractivity contribution in [3.05, 3.63) is 36.3 Å². The molecule has 1 saturated heterocycles. The first-order chi connectivity index (χ1) is 8.50. The Balaban J connectivity index is 0.000000184. The van der Waals surface area contributed by atoms with E-state index in [4.69, 9.17) is 14.6 Å². The van der Waals surface area contributed by atoms with Crippen molar-refractivity contribution in [2.45, 2.75) is 13.0 Å². The van der Waals surface area contributed by atoms with Crippen LogP contribution < -0.4 is 0 Å². The Morgan fingerprint density at radius 2 is 2.28 bits per heavy atom. The van der Waals surface area contributed by atoms with Crippen molar-refractivity contribution in [2.24, 2.45) is 0 Å². The van der Waals surface area contributed by atoms with E-state index < -0.39 is 5.97 Å². The summed E-state index contributed by atoms with van der Waals surface area (Å²) in [5, 5.41) is 8.18. The lowest BCUT2D eigenvalue weighted by atomic mass is 10.4. The number of ether oxygens (including phenoxy) is 2. The summed E-state index contributed by atoms with van der Waals surface area (Å²) in [6.07, 6.45) is 1.46. The molecule has 1 aliphatic heterocycles. The molecule has 0 aliphatic carbocycles. The largest absolute Gasteiger partial charge is 0.475 e. The van der Waals surface area contributed by atoms with Gasteiger partial charge in [-0.1, -0.05) is 6.58 Å². The number of carbonyl (C=O) groups is 2. The number of hydrogen-bond acceptors (Lipinski definition) is 5. The quantitative estimate of drug-likeness (QED) is 0.497. The summed E-state index contributed by atoms with van der Waals surface area (Å²) in [5.41, 5.74) is 0.431. The fourth-order valence-electron chi connectivity index (χ4n) is 0.856. The molecule has 1 unspecified atom stereocenters. The molecular weight excluding hydrogens is 240 g/mol. The maximum absolute atomic E-state index is 10.7. The molecule has 2 rings (SSSR count). The molecule has 1 aromatic heterocycles. The third-order valence-corrected chi connectivity index (χ3v) is 1.88. The van der Waals surface area contributed by atoms with Gasteiger partial charge in [-0.25, -0.2) is 9.59 Å². The lowest BCUT2D eigenvalue weighted by Gasteiger charge is -1.99. The van der Waals surface area contributed by atoms with Crippen LogP contribution in [0.25, 0.3) is 0 Å². The van der Waals surface area contributed by atoms with Gasteiger partial charge in [0.05, 0.1) is 12.9 Å². The average molecular weight is 254 g/mol. The van der Waals surface area contributed by atoms with E-state index in [0.717, 1.165) is 0 Å². The minimum absolute atomic E-state index is 0.0231. The van der Waals surface area contributed by atoms with Crippen molar-refractivity contribution in [1.82, 2.24) is 0 Å². The van der Waals surface area contributed by atoms with Gasteiger partial charge in [0.2, 0.25) is 5.76 Å². The molecule has 0 spiro atoms. The molecule has 0 saturated carbocycles. The highest BCUT2D eigenvalue weighted by molar-refractivity contribution is 5.86. The first-order valence-corrected chi connectivity index (χ1v) is 5.21. The number of hydrogen-bond donors (Lipinski definition) is 1. The number of furan rings is 1. The number of esters is 1. The van der Waals surface area contributed by atoms with Gasteiger partial charge in [-0.05, 0) is 19.1 Å². The first kappa shape index (κ1) is 14.0. The van der Waals surface area contributed by atoms with Crippen LogP contribution in [0.2, 0.25) is 0 Å². The molecule has 0 aromatic carbocycles. The molecule has 2 heterocycles. The van der Waals surface area contributed by atoms with E-state index in [2.05, 4.69) is 11.0 Å². The maximum Gasteiger partial charge on any atom is 0.371 e. The number of carboxylic acids is 1. The van der Waals surface area contributed by atoms with Crippen LogP contribution in [0.4, 0.5) is 0 Å². The maximum atomic E-state index is 10.7. The Kier molecular flexibility index (Phi) is 5.13. The smallest absolute Gasteiger partial charge is 0.371 e. The minimum atomic E-state index is -1.03. The Morgan fingerprint density at radius 3 is 2.61 bits per heavy atom. The Hall–Kier alpha value is -2.08. The lowest BCUT2D eigenvalue weighted by molar-refractivity contribution is -0.139. The molecule has 0 amide bonds. The van der Waals surface area contributed by atoms with Crippen molar-refractivity contribution in [1.29, 1.82) is 0 Å². The number of rotatable bonds is 4. The predicted octanol–water partition coefficient (Wildman–Crippen LogP) is 1.48. The van der Waals surface area contributed by atoms with E-state index in [1.807, 2.05) is 0 Å². The fraction of sp³-hybridized carbons (Fsp3) is 0.333. The molecule has 6 nitrogen and oxygen atoms in total. The van der Waals surface area contributed by atoms with Gasteiger partial charge in [-0.3, -0.25) is 0 Å². The summed E-state index contributed by atoms with van der Waals surface area (Å²) in [6.45, 7) is 6.14. The number of epoxide rings is 1. The van der Waals surface area contributed by atoms with Crippen LogP contribution in [0, 0.1) is 0 Å². The van der Waals surface area contributed by atoms with Gasteiger partial charge >= 0.3 is 11.9 Å². The van der Waals surface area contributed by atoms with Crippen molar-refractivity contribution in [2.75, 3.05) is 13.2 Å². The zero-order valence-electron chi connectivity index (χ0n) is 9.92. The lowest BCUT2D eigenvalue weighted by Crippen LogP contribution is -2.09. The summed E-state index contributed by atoms with van der Waals surface area (Å²) in [4.78, 5) is 20.7. The summed E-state index contributed by atoms with van der Waals surface area (Å²) >= 11 is 0. The fourth-order valence-corrected chi connectivity index (χ4v) is 0.856. The van der Waals surface area contributed by atoms with Crippen molar-refractivity contribution in [3.8, 4) is 0 Å². The average Bonchev–Trinajstić information content (AvgIpc) is 2.97. The molecule has 1 atom stereocenters. The van der Waals surface area contributed by atoms with Crippen LogP contribution in [-0.2, 0) is 14.3 Å². The van der Waals surface area contributed by atoms with Gasteiger partial charge < -0.3 is 19.0 Å². The van der Waals surface area contributed by atoms with Crippen molar-refractivity contribution in [3.63, 3.8) is 0 Å². The Labute approximate surface area is 104 Å². The van der Waals surface area contributed by atoms with Crippen molar-refractivity contribution < 1.29 is 28.6 Å². The van der Waals surface area contributed by atoms with Crippen LogP contribution in [0.15, 0.2) is 35.0 Å². The van der Waals surface area contributed by atoms with Gasteiger partial charge in [0.25, 0.3) is 0 Å². The standard InChI is InChI=1S/C7H10O3.C5H4O3/c1-5(2)7(8)10-4-6-3-9-6;6-5(7)4-2-1-3-8-4/h6H,1,3-4H2,2H3;1-3H,(H,6,7). The van der Waals surface area contributed by atoms with Crippen LogP contribution in [0.5, 0.6) is 0 Å². The minimum Gasteiger partial charge on any atom is -0.475 e. The molecule has 1 N–H and O–H groups in total.